The minimum absolute atomic E-state index is 0.00301. The van der Waals surface area contributed by atoms with Gasteiger partial charge in [-0.05, 0) is 18.2 Å². The van der Waals surface area contributed by atoms with Crippen molar-refractivity contribution in [1.29, 1.82) is 0 Å². The van der Waals surface area contributed by atoms with Crippen LogP contribution in [0.2, 0.25) is 0 Å². The van der Waals surface area contributed by atoms with Gasteiger partial charge in [0, 0.05) is 0 Å². The van der Waals surface area contributed by atoms with Gasteiger partial charge in [0.05, 0.1) is 16.6 Å². The molecule has 3 nitrogen and oxygen atoms in total. The first-order valence-electron chi connectivity index (χ1n) is 3.31. The molecule has 0 saturated carbocycles. The van der Waals surface area contributed by atoms with Crippen molar-refractivity contribution < 1.29 is 14.3 Å². The predicted octanol–water partition coefficient (Wildman–Crippen LogP) is 1.03. The first-order chi connectivity index (χ1) is 5.65. The summed E-state index contributed by atoms with van der Waals surface area (Å²) in [7, 11) is 1.32. The van der Waals surface area contributed by atoms with Gasteiger partial charge in [-0.3, -0.25) is 4.79 Å². The van der Waals surface area contributed by atoms with Crippen molar-refractivity contribution in [3.05, 3.63) is 23.8 Å². The fourth-order valence-corrected chi connectivity index (χ4v) is 1.41. The van der Waals surface area contributed by atoms with Gasteiger partial charge in [-0.25, -0.2) is 4.79 Å². The molecule has 0 amide bonds. The van der Waals surface area contributed by atoms with Crippen molar-refractivity contribution >= 4 is 34.3 Å². The Morgan fingerprint density at radius 3 is 2.75 bits per heavy atom. The lowest BCUT2D eigenvalue weighted by Gasteiger charge is -2.07. The van der Waals surface area contributed by atoms with E-state index < -0.39 is 5.97 Å². The second kappa shape index (κ2) is 3.84. The summed E-state index contributed by atoms with van der Waals surface area (Å²) in [6.07, 6.45) is 4.46. The van der Waals surface area contributed by atoms with Gasteiger partial charge in [-0.1, -0.05) is 22.6 Å². The van der Waals surface area contributed by atoms with E-state index in [2.05, 4.69) is 4.74 Å². The molecule has 0 aromatic rings. The van der Waals surface area contributed by atoms with E-state index in [-0.39, 0.29) is 9.71 Å². The zero-order chi connectivity index (χ0) is 9.14. The SMILES string of the molecule is COC(=O)C1=CC(I)C(=O)C=C1. The minimum Gasteiger partial charge on any atom is -0.465 e. The van der Waals surface area contributed by atoms with Gasteiger partial charge in [-0.2, -0.15) is 0 Å². The molecule has 0 aliphatic heterocycles. The monoisotopic (exact) mass is 278 g/mol. The molecular weight excluding hydrogens is 271 g/mol. The van der Waals surface area contributed by atoms with Crippen LogP contribution in [-0.4, -0.2) is 22.8 Å². The number of ether oxygens (including phenoxy) is 1. The number of ketones is 1. The second-order valence-electron chi connectivity index (χ2n) is 2.25. The molecule has 1 unspecified atom stereocenters. The van der Waals surface area contributed by atoms with Crippen LogP contribution in [0.4, 0.5) is 0 Å². The summed E-state index contributed by atoms with van der Waals surface area (Å²) in [5, 5.41) is 0. The maximum atomic E-state index is 11.0. The van der Waals surface area contributed by atoms with Crippen molar-refractivity contribution in [2.45, 2.75) is 3.92 Å². The van der Waals surface area contributed by atoms with Gasteiger partial charge in [-0.15, -0.1) is 0 Å². The lowest BCUT2D eigenvalue weighted by atomic mass is 10.1. The van der Waals surface area contributed by atoms with Crippen LogP contribution in [0.1, 0.15) is 0 Å². The smallest absolute Gasteiger partial charge is 0.337 e. The molecule has 1 atom stereocenters. The Balaban J connectivity index is 2.83. The Bertz CT molecular complexity index is 278. The van der Waals surface area contributed by atoms with E-state index in [9.17, 15) is 9.59 Å². The highest BCUT2D eigenvalue weighted by molar-refractivity contribution is 14.1. The van der Waals surface area contributed by atoms with E-state index in [1.807, 2.05) is 22.6 Å². The first kappa shape index (κ1) is 9.44. The van der Waals surface area contributed by atoms with E-state index >= 15 is 0 Å². The molecule has 0 bridgehead atoms. The zero-order valence-electron chi connectivity index (χ0n) is 6.41. The van der Waals surface area contributed by atoms with Crippen LogP contribution in [0, 0.1) is 0 Å². The average Bonchev–Trinajstić information content (AvgIpc) is 2.08. The molecule has 12 heavy (non-hydrogen) atoms. The molecule has 0 heterocycles. The highest BCUT2D eigenvalue weighted by Crippen LogP contribution is 2.15. The van der Waals surface area contributed by atoms with Crippen molar-refractivity contribution in [2.75, 3.05) is 7.11 Å². The van der Waals surface area contributed by atoms with Crippen LogP contribution in [0.5, 0.6) is 0 Å². The van der Waals surface area contributed by atoms with Crippen LogP contribution < -0.4 is 0 Å². The summed E-state index contributed by atoms with van der Waals surface area (Å²) in [5.74, 6) is -0.399. The molecular formula is C8H7IO3. The molecule has 1 aliphatic carbocycles. The Morgan fingerprint density at radius 2 is 2.25 bits per heavy atom. The summed E-state index contributed by atoms with van der Waals surface area (Å²) >= 11 is 1.96. The molecule has 0 saturated heterocycles. The van der Waals surface area contributed by atoms with Crippen LogP contribution in [0.15, 0.2) is 23.8 Å². The molecule has 0 aromatic heterocycles. The Kier molecular flexibility index (Phi) is 3.02. The van der Waals surface area contributed by atoms with Crippen LogP contribution in [0.25, 0.3) is 0 Å². The van der Waals surface area contributed by atoms with Gasteiger partial charge in [0.15, 0.2) is 5.78 Å². The predicted molar refractivity (Wildman–Crippen MR) is 52.1 cm³/mol. The number of halogens is 1. The molecule has 64 valence electrons. The maximum absolute atomic E-state index is 11.0. The topological polar surface area (TPSA) is 43.4 Å². The highest BCUT2D eigenvalue weighted by Gasteiger charge is 2.17. The number of hydrogen-bond donors (Lipinski definition) is 0. The van der Waals surface area contributed by atoms with E-state index in [1.54, 1.807) is 6.08 Å². The lowest BCUT2D eigenvalue weighted by Crippen LogP contribution is -2.15. The number of methoxy groups -OCH3 is 1. The van der Waals surface area contributed by atoms with Crippen molar-refractivity contribution in [1.82, 2.24) is 0 Å². The number of allylic oxidation sites excluding steroid dienone is 2. The van der Waals surface area contributed by atoms with Crippen molar-refractivity contribution in [3.63, 3.8) is 0 Å². The van der Waals surface area contributed by atoms with E-state index in [1.165, 1.54) is 19.3 Å². The fraction of sp³-hybridized carbons (Fsp3) is 0.250. The number of esters is 1. The number of carbonyl (C=O) groups is 2. The molecule has 4 heteroatoms. The summed E-state index contributed by atoms with van der Waals surface area (Å²) < 4.78 is 4.25. The summed E-state index contributed by atoms with van der Waals surface area (Å²) in [4.78, 5) is 21.9. The lowest BCUT2D eigenvalue weighted by molar-refractivity contribution is -0.135. The molecule has 0 N–H and O–H groups in total. The molecule has 0 aromatic carbocycles. The third kappa shape index (κ3) is 1.94. The second-order valence-corrected chi connectivity index (χ2v) is 3.59. The number of alkyl halides is 1. The zero-order valence-corrected chi connectivity index (χ0v) is 8.57. The normalized spacial score (nSPS) is 22.0. The Morgan fingerprint density at radius 1 is 1.58 bits per heavy atom. The highest BCUT2D eigenvalue weighted by atomic mass is 127. The van der Waals surface area contributed by atoms with E-state index in [0.29, 0.717) is 5.57 Å². The average molecular weight is 278 g/mol. The molecule has 1 aliphatic rings. The summed E-state index contributed by atoms with van der Waals surface area (Å²) in [6.45, 7) is 0. The fourth-order valence-electron chi connectivity index (χ4n) is 0.813. The van der Waals surface area contributed by atoms with E-state index in [4.69, 9.17) is 0 Å². The number of rotatable bonds is 1. The third-order valence-corrected chi connectivity index (χ3v) is 2.42. The molecule has 0 radical (unpaired) electrons. The van der Waals surface area contributed by atoms with Gasteiger partial charge in [0.25, 0.3) is 0 Å². The van der Waals surface area contributed by atoms with E-state index in [0.717, 1.165) is 0 Å². The standard InChI is InChI=1S/C8H7IO3/c1-12-8(11)5-2-3-7(10)6(9)4-5/h2-4,6H,1H3. The Hall–Kier alpha value is -0.650. The molecule has 0 spiro atoms. The largest absolute Gasteiger partial charge is 0.465 e. The van der Waals surface area contributed by atoms with Gasteiger partial charge in [0.1, 0.15) is 0 Å². The van der Waals surface area contributed by atoms with Crippen LogP contribution in [-0.2, 0) is 14.3 Å². The van der Waals surface area contributed by atoms with Crippen molar-refractivity contribution in [2.24, 2.45) is 0 Å². The van der Waals surface area contributed by atoms with Crippen LogP contribution >= 0.6 is 22.6 Å². The third-order valence-electron chi connectivity index (χ3n) is 1.45. The minimum atomic E-state index is -0.402. The van der Waals surface area contributed by atoms with Gasteiger partial charge < -0.3 is 4.74 Å². The first-order valence-corrected chi connectivity index (χ1v) is 4.56. The summed E-state index contributed by atoms with van der Waals surface area (Å²) in [5.41, 5.74) is 0.441. The molecule has 0 fully saturated rings. The number of hydrogen-bond acceptors (Lipinski definition) is 3. The Labute approximate surface area is 83.6 Å². The maximum Gasteiger partial charge on any atom is 0.337 e. The van der Waals surface area contributed by atoms with Gasteiger partial charge in [0.2, 0.25) is 0 Å². The van der Waals surface area contributed by atoms with Gasteiger partial charge >= 0.3 is 5.97 Å². The summed E-state index contributed by atoms with van der Waals surface area (Å²) in [6, 6.07) is 0. The van der Waals surface area contributed by atoms with Crippen LogP contribution in [0.3, 0.4) is 0 Å². The quantitative estimate of drug-likeness (QED) is 0.409. The molecule has 1 rings (SSSR count). The number of carbonyl (C=O) groups excluding carboxylic acids is 2. The van der Waals surface area contributed by atoms with Crippen molar-refractivity contribution in [3.8, 4) is 0 Å².